The number of carbonyl (C=O) groups is 1. The SMILES string of the molecule is CCCCCNC(=O)c1c(C)nc2ccccn12. The topological polar surface area (TPSA) is 46.4 Å². The van der Waals surface area contributed by atoms with Crippen LogP contribution in [0.4, 0.5) is 0 Å². The number of unbranched alkanes of at least 4 members (excludes halogenated alkanes) is 2. The Morgan fingerprint density at radius 3 is 3.00 bits per heavy atom. The predicted molar refractivity (Wildman–Crippen MR) is 71.8 cm³/mol. The highest BCUT2D eigenvalue weighted by molar-refractivity contribution is 5.94. The first kappa shape index (κ1) is 12.6. The number of carbonyl (C=O) groups excluding carboxylic acids is 1. The molecule has 0 saturated carbocycles. The number of aromatic nitrogens is 2. The highest BCUT2D eigenvalue weighted by Gasteiger charge is 2.15. The van der Waals surface area contributed by atoms with Crippen LogP contribution >= 0.6 is 0 Å². The van der Waals surface area contributed by atoms with Gasteiger partial charge in [-0.05, 0) is 25.5 Å². The molecule has 0 aromatic carbocycles. The zero-order valence-electron chi connectivity index (χ0n) is 10.9. The van der Waals surface area contributed by atoms with Gasteiger partial charge in [-0.25, -0.2) is 4.98 Å². The average molecular weight is 245 g/mol. The number of hydrogen-bond acceptors (Lipinski definition) is 2. The molecule has 0 bridgehead atoms. The van der Waals surface area contributed by atoms with Crippen LogP contribution in [0.5, 0.6) is 0 Å². The molecule has 0 saturated heterocycles. The number of hydrogen-bond donors (Lipinski definition) is 1. The molecule has 1 amide bonds. The second-order valence-corrected chi connectivity index (χ2v) is 4.44. The first-order valence-electron chi connectivity index (χ1n) is 6.46. The number of aryl methyl sites for hydroxylation is 1. The van der Waals surface area contributed by atoms with Crippen molar-refractivity contribution in [2.75, 3.05) is 6.54 Å². The number of nitrogens with one attached hydrogen (secondary N) is 1. The second-order valence-electron chi connectivity index (χ2n) is 4.44. The van der Waals surface area contributed by atoms with Crippen LogP contribution in [0, 0.1) is 6.92 Å². The summed E-state index contributed by atoms with van der Waals surface area (Å²) in [6.07, 6.45) is 5.20. The van der Waals surface area contributed by atoms with Crippen molar-refractivity contribution in [3.8, 4) is 0 Å². The van der Waals surface area contributed by atoms with Crippen molar-refractivity contribution < 1.29 is 4.79 Å². The monoisotopic (exact) mass is 245 g/mol. The molecule has 18 heavy (non-hydrogen) atoms. The number of rotatable bonds is 5. The summed E-state index contributed by atoms with van der Waals surface area (Å²) in [5.74, 6) is -0.0395. The van der Waals surface area contributed by atoms with E-state index in [9.17, 15) is 4.79 Å². The molecule has 1 N–H and O–H groups in total. The normalized spacial score (nSPS) is 10.8. The van der Waals surface area contributed by atoms with E-state index in [0.29, 0.717) is 5.69 Å². The zero-order valence-corrected chi connectivity index (χ0v) is 10.9. The number of imidazole rings is 1. The van der Waals surface area contributed by atoms with Gasteiger partial charge in [0.1, 0.15) is 11.3 Å². The first-order chi connectivity index (χ1) is 8.74. The van der Waals surface area contributed by atoms with E-state index in [1.54, 1.807) is 0 Å². The van der Waals surface area contributed by atoms with Crippen LogP contribution in [-0.4, -0.2) is 21.8 Å². The molecule has 0 unspecified atom stereocenters. The summed E-state index contributed by atoms with van der Waals surface area (Å²) >= 11 is 0. The van der Waals surface area contributed by atoms with E-state index in [4.69, 9.17) is 0 Å². The van der Waals surface area contributed by atoms with Gasteiger partial charge in [0.15, 0.2) is 0 Å². The fraction of sp³-hybridized carbons (Fsp3) is 0.429. The van der Waals surface area contributed by atoms with E-state index in [1.165, 1.54) is 0 Å². The van der Waals surface area contributed by atoms with Crippen molar-refractivity contribution in [3.05, 3.63) is 35.8 Å². The molecule has 4 nitrogen and oxygen atoms in total. The molecule has 0 aliphatic rings. The average Bonchev–Trinajstić information content (AvgIpc) is 2.70. The van der Waals surface area contributed by atoms with Gasteiger partial charge in [-0.1, -0.05) is 25.8 Å². The summed E-state index contributed by atoms with van der Waals surface area (Å²) in [5.41, 5.74) is 2.23. The van der Waals surface area contributed by atoms with Crippen molar-refractivity contribution in [3.63, 3.8) is 0 Å². The molecule has 2 aromatic heterocycles. The minimum Gasteiger partial charge on any atom is -0.351 e. The van der Waals surface area contributed by atoms with Gasteiger partial charge in [0.25, 0.3) is 5.91 Å². The Bertz CT molecular complexity index is 545. The van der Waals surface area contributed by atoms with Crippen molar-refractivity contribution in [1.29, 1.82) is 0 Å². The lowest BCUT2D eigenvalue weighted by Crippen LogP contribution is -2.26. The van der Waals surface area contributed by atoms with E-state index < -0.39 is 0 Å². The van der Waals surface area contributed by atoms with Crippen LogP contribution in [0.2, 0.25) is 0 Å². The van der Waals surface area contributed by atoms with Crippen LogP contribution < -0.4 is 5.32 Å². The Kier molecular flexibility index (Phi) is 3.97. The Hall–Kier alpha value is -1.84. The molecule has 0 atom stereocenters. The highest BCUT2D eigenvalue weighted by Crippen LogP contribution is 2.11. The van der Waals surface area contributed by atoms with Crippen molar-refractivity contribution in [2.24, 2.45) is 0 Å². The van der Waals surface area contributed by atoms with Crippen LogP contribution in [0.15, 0.2) is 24.4 Å². The van der Waals surface area contributed by atoms with Gasteiger partial charge in [0.05, 0.1) is 5.69 Å². The zero-order chi connectivity index (χ0) is 13.0. The van der Waals surface area contributed by atoms with E-state index in [2.05, 4.69) is 17.2 Å². The molecule has 2 heterocycles. The van der Waals surface area contributed by atoms with E-state index in [0.717, 1.165) is 37.1 Å². The Morgan fingerprint density at radius 2 is 2.22 bits per heavy atom. The molecular weight excluding hydrogens is 226 g/mol. The fourth-order valence-corrected chi connectivity index (χ4v) is 2.05. The summed E-state index contributed by atoms with van der Waals surface area (Å²) in [6.45, 7) is 4.75. The third-order valence-corrected chi connectivity index (χ3v) is 2.99. The van der Waals surface area contributed by atoms with E-state index in [-0.39, 0.29) is 5.91 Å². The van der Waals surface area contributed by atoms with Gasteiger partial charge < -0.3 is 5.32 Å². The Morgan fingerprint density at radius 1 is 1.39 bits per heavy atom. The number of fused-ring (bicyclic) bond motifs is 1. The van der Waals surface area contributed by atoms with Crippen molar-refractivity contribution in [2.45, 2.75) is 33.1 Å². The van der Waals surface area contributed by atoms with Gasteiger partial charge in [0.2, 0.25) is 0 Å². The largest absolute Gasteiger partial charge is 0.351 e. The first-order valence-corrected chi connectivity index (χ1v) is 6.46. The lowest BCUT2D eigenvalue weighted by Gasteiger charge is -2.05. The van der Waals surface area contributed by atoms with E-state index in [1.807, 2.05) is 35.7 Å². The minimum absolute atomic E-state index is 0.0395. The smallest absolute Gasteiger partial charge is 0.270 e. The van der Waals surface area contributed by atoms with Crippen LogP contribution in [0.1, 0.15) is 42.4 Å². The number of amides is 1. The summed E-state index contributed by atoms with van der Waals surface area (Å²) in [4.78, 5) is 16.5. The number of nitrogens with zero attached hydrogens (tertiary/aromatic N) is 2. The molecule has 0 radical (unpaired) electrons. The molecule has 0 aliphatic heterocycles. The van der Waals surface area contributed by atoms with Crippen LogP contribution in [0.25, 0.3) is 5.65 Å². The second kappa shape index (κ2) is 5.67. The van der Waals surface area contributed by atoms with Gasteiger partial charge in [0, 0.05) is 12.7 Å². The number of pyridine rings is 1. The van der Waals surface area contributed by atoms with Crippen LogP contribution in [0.3, 0.4) is 0 Å². The molecule has 2 aromatic rings. The minimum atomic E-state index is -0.0395. The highest BCUT2D eigenvalue weighted by atomic mass is 16.1. The molecule has 4 heteroatoms. The van der Waals surface area contributed by atoms with Crippen LogP contribution in [-0.2, 0) is 0 Å². The van der Waals surface area contributed by atoms with Gasteiger partial charge in [-0.2, -0.15) is 0 Å². The molecule has 0 spiro atoms. The maximum Gasteiger partial charge on any atom is 0.270 e. The Balaban J connectivity index is 2.14. The van der Waals surface area contributed by atoms with E-state index >= 15 is 0 Å². The molecule has 2 rings (SSSR count). The third kappa shape index (κ3) is 2.53. The maximum absolute atomic E-state index is 12.1. The van der Waals surface area contributed by atoms with Gasteiger partial charge >= 0.3 is 0 Å². The maximum atomic E-state index is 12.1. The quantitative estimate of drug-likeness (QED) is 0.823. The summed E-state index contributed by atoms with van der Waals surface area (Å²) in [5, 5.41) is 2.95. The van der Waals surface area contributed by atoms with Gasteiger partial charge in [-0.3, -0.25) is 9.20 Å². The fourth-order valence-electron chi connectivity index (χ4n) is 2.05. The standard InChI is InChI=1S/C14H19N3O/c1-3-4-6-9-15-14(18)13-11(2)16-12-8-5-7-10-17(12)13/h5,7-8,10H,3-4,6,9H2,1-2H3,(H,15,18). The molecule has 96 valence electrons. The summed E-state index contributed by atoms with van der Waals surface area (Å²) in [6, 6.07) is 5.73. The van der Waals surface area contributed by atoms with Crippen molar-refractivity contribution in [1.82, 2.24) is 14.7 Å². The summed E-state index contributed by atoms with van der Waals surface area (Å²) < 4.78 is 1.84. The Labute approximate surface area is 107 Å². The molecular formula is C14H19N3O. The molecule has 0 fully saturated rings. The van der Waals surface area contributed by atoms with Gasteiger partial charge in [-0.15, -0.1) is 0 Å². The lowest BCUT2D eigenvalue weighted by atomic mass is 10.2. The molecule has 0 aliphatic carbocycles. The lowest BCUT2D eigenvalue weighted by molar-refractivity contribution is 0.0946. The van der Waals surface area contributed by atoms with Crippen molar-refractivity contribution >= 4 is 11.6 Å². The third-order valence-electron chi connectivity index (χ3n) is 2.99. The summed E-state index contributed by atoms with van der Waals surface area (Å²) in [7, 11) is 0. The predicted octanol–water partition coefficient (Wildman–Crippen LogP) is 2.56.